The Morgan fingerprint density at radius 2 is 2.06 bits per heavy atom. The molecule has 2 atom stereocenters. The highest BCUT2D eigenvalue weighted by atomic mass is 16.5. The molecule has 0 bridgehead atoms. The van der Waals surface area contributed by atoms with Crippen molar-refractivity contribution in [3.8, 4) is 0 Å². The highest BCUT2D eigenvalue weighted by Crippen LogP contribution is 2.22. The third-order valence-corrected chi connectivity index (χ3v) is 4.59. The predicted molar refractivity (Wildman–Crippen MR) is 71.3 cm³/mol. The first-order chi connectivity index (χ1) is 8.29. The Morgan fingerprint density at radius 3 is 2.65 bits per heavy atom. The van der Waals surface area contributed by atoms with E-state index in [2.05, 4.69) is 24.2 Å². The van der Waals surface area contributed by atoms with E-state index < -0.39 is 0 Å². The van der Waals surface area contributed by atoms with Crippen LogP contribution in [0.1, 0.15) is 39.0 Å². The summed E-state index contributed by atoms with van der Waals surface area (Å²) in [6, 6.07) is 0.676. The molecule has 2 aliphatic rings. The number of ether oxygens (including phenoxy) is 1. The highest BCUT2D eigenvalue weighted by Gasteiger charge is 2.24. The molecule has 2 fully saturated rings. The van der Waals surface area contributed by atoms with Gasteiger partial charge in [0.1, 0.15) is 0 Å². The summed E-state index contributed by atoms with van der Waals surface area (Å²) in [4.78, 5) is 2.63. The van der Waals surface area contributed by atoms with E-state index in [1.54, 1.807) is 0 Å². The average molecular weight is 240 g/mol. The Hall–Kier alpha value is -0.120. The van der Waals surface area contributed by atoms with Crippen molar-refractivity contribution in [1.29, 1.82) is 0 Å². The van der Waals surface area contributed by atoms with E-state index in [9.17, 15) is 0 Å². The number of hydrogen-bond acceptors (Lipinski definition) is 3. The van der Waals surface area contributed by atoms with Crippen molar-refractivity contribution in [2.75, 3.05) is 33.3 Å². The maximum atomic E-state index is 5.68. The molecule has 0 radical (unpaired) electrons. The highest BCUT2D eigenvalue weighted by molar-refractivity contribution is 4.79. The molecule has 100 valence electrons. The fourth-order valence-corrected chi connectivity index (χ4v) is 3.11. The van der Waals surface area contributed by atoms with Gasteiger partial charge in [0.05, 0.1) is 6.10 Å². The van der Waals surface area contributed by atoms with Gasteiger partial charge >= 0.3 is 0 Å². The van der Waals surface area contributed by atoms with E-state index in [0.29, 0.717) is 12.1 Å². The Kier molecular flexibility index (Phi) is 5.26. The van der Waals surface area contributed by atoms with E-state index in [1.165, 1.54) is 51.7 Å². The van der Waals surface area contributed by atoms with Crippen molar-refractivity contribution in [2.45, 2.75) is 51.2 Å². The van der Waals surface area contributed by atoms with Crippen LogP contribution in [0.2, 0.25) is 0 Å². The third-order valence-electron chi connectivity index (χ3n) is 4.59. The second-order valence-electron chi connectivity index (χ2n) is 5.68. The molecule has 2 rings (SSSR count). The van der Waals surface area contributed by atoms with Crippen LogP contribution in [0.25, 0.3) is 0 Å². The van der Waals surface area contributed by atoms with Crippen molar-refractivity contribution in [3.63, 3.8) is 0 Å². The lowest BCUT2D eigenvalue weighted by molar-refractivity contribution is 0.0831. The minimum Gasteiger partial charge on any atom is -0.378 e. The van der Waals surface area contributed by atoms with E-state index in [4.69, 9.17) is 4.74 Å². The Morgan fingerprint density at radius 1 is 1.29 bits per heavy atom. The lowest BCUT2D eigenvalue weighted by Crippen LogP contribution is -2.41. The van der Waals surface area contributed by atoms with Gasteiger partial charge in [-0.1, -0.05) is 0 Å². The van der Waals surface area contributed by atoms with Gasteiger partial charge in [0.25, 0.3) is 0 Å². The monoisotopic (exact) mass is 240 g/mol. The molecule has 2 unspecified atom stereocenters. The summed E-state index contributed by atoms with van der Waals surface area (Å²) < 4.78 is 5.68. The quantitative estimate of drug-likeness (QED) is 0.794. The minimum absolute atomic E-state index is 0.559. The SMILES string of the molecule is CNC(C)C1CCN(CCC2CCCO2)CC1. The number of likely N-dealkylation sites (tertiary alicyclic amines) is 1. The zero-order valence-corrected chi connectivity index (χ0v) is 11.5. The molecule has 3 heteroatoms. The van der Waals surface area contributed by atoms with Gasteiger partial charge in [-0.25, -0.2) is 0 Å². The van der Waals surface area contributed by atoms with Gasteiger partial charge in [0.2, 0.25) is 0 Å². The Balaban J connectivity index is 1.61. The normalized spacial score (nSPS) is 29.6. The molecule has 0 spiro atoms. The second kappa shape index (κ2) is 6.72. The van der Waals surface area contributed by atoms with Crippen molar-refractivity contribution >= 4 is 0 Å². The molecule has 2 aliphatic heterocycles. The van der Waals surface area contributed by atoms with Crippen LogP contribution in [0.15, 0.2) is 0 Å². The largest absolute Gasteiger partial charge is 0.378 e. The van der Waals surface area contributed by atoms with E-state index in [0.717, 1.165) is 12.5 Å². The van der Waals surface area contributed by atoms with Crippen molar-refractivity contribution in [1.82, 2.24) is 10.2 Å². The van der Waals surface area contributed by atoms with Gasteiger partial charge in [0.15, 0.2) is 0 Å². The zero-order chi connectivity index (χ0) is 12.1. The van der Waals surface area contributed by atoms with Gasteiger partial charge in [-0.05, 0) is 65.1 Å². The number of nitrogens with one attached hydrogen (secondary N) is 1. The van der Waals surface area contributed by atoms with E-state index >= 15 is 0 Å². The molecule has 0 saturated carbocycles. The summed E-state index contributed by atoms with van der Waals surface area (Å²) in [5.74, 6) is 0.874. The lowest BCUT2D eigenvalue weighted by atomic mass is 9.90. The van der Waals surface area contributed by atoms with Gasteiger partial charge in [0, 0.05) is 19.2 Å². The molecule has 2 heterocycles. The van der Waals surface area contributed by atoms with Crippen LogP contribution in [0.4, 0.5) is 0 Å². The molecule has 0 aromatic carbocycles. The summed E-state index contributed by atoms with van der Waals surface area (Å²) in [6.07, 6.45) is 7.07. The topological polar surface area (TPSA) is 24.5 Å². The van der Waals surface area contributed by atoms with Gasteiger partial charge in [-0.3, -0.25) is 0 Å². The fourth-order valence-electron chi connectivity index (χ4n) is 3.11. The first-order valence-electron chi connectivity index (χ1n) is 7.31. The van der Waals surface area contributed by atoms with Gasteiger partial charge in [-0.2, -0.15) is 0 Å². The van der Waals surface area contributed by atoms with Crippen LogP contribution >= 0.6 is 0 Å². The molecule has 3 nitrogen and oxygen atoms in total. The van der Waals surface area contributed by atoms with Crippen LogP contribution < -0.4 is 5.32 Å². The van der Waals surface area contributed by atoms with Crippen molar-refractivity contribution in [2.24, 2.45) is 5.92 Å². The Labute approximate surface area is 106 Å². The summed E-state index contributed by atoms with van der Waals surface area (Å²) in [7, 11) is 2.08. The maximum absolute atomic E-state index is 5.68. The molecular weight excluding hydrogens is 212 g/mol. The van der Waals surface area contributed by atoms with Gasteiger partial charge in [-0.15, -0.1) is 0 Å². The van der Waals surface area contributed by atoms with E-state index in [-0.39, 0.29) is 0 Å². The van der Waals surface area contributed by atoms with Crippen LogP contribution in [0.5, 0.6) is 0 Å². The van der Waals surface area contributed by atoms with Crippen LogP contribution in [-0.4, -0.2) is 50.3 Å². The summed E-state index contributed by atoms with van der Waals surface area (Å²) in [6.45, 7) is 7.11. The van der Waals surface area contributed by atoms with E-state index in [1.807, 2.05) is 0 Å². The number of hydrogen-bond donors (Lipinski definition) is 1. The van der Waals surface area contributed by atoms with Gasteiger partial charge < -0.3 is 15.0 Å². The Bertz CT molecular complexity index is 208. The number of nitrogens with zero attached hydrogens (tertiary/aromatic N) is 1. The molecule has 2 saturated heterocycles. The molecule has 0 aromatic rings. The van der Waals surface area contributed by atoms with Crippen molar-refractivity contribution in [3.05, 3.63) is 0 Å². The molecule has 1 N–H and O–H groups in total. The smallest absolute Gasteiger partial charge is 0.0588 e. The van der Waals surface area contributed by atoms with Crippen LogP contribution in [0.3, 0.4) is 0 Å². The maximum Gasteiger partial charge on any atom is 0.0588 e. The first kappa shape index (κ1) is 13.3. The molecular formula is C14H28N2O. The van der Waals surface area contributed by atoms with Crippen LogP contribution in [0, 0.1) is 5.92 Å². The predicted octanol–water partition coefficient (Wildman–Crippen LogP) is 1.88. The number of rotatable bonds is 5. The second-order valence-corrected chi connectivity index (χ2v) is 5.68. The van der Waals surface area contributed by atoms with Crippen molar-refractivity contribution < 1.29 is 4.74 Å². The fraction of sp³-hybridized carbons (Fsp3) is 1.00. The summed E-state index contributed by atoms with van der Waals surface area (Å²) >= 11 is 0. The molecule has 17 heavy (non-hydrogen) atoms. The summed E-state index contributed by atoms with van der Waals surface area (Å²) in [5.41, 5.74) is 0. The third kappa shape index (κ3) is 3.94. The van der Waals surface area contributed by atoms with Crippen LogP contribution in [-0.2, 0) is 4.74 Å². The molecule has 0 amide bonds. The average Bonchev–Trinajstić information content (AvgIpc) is 2.89. The number of piperidine rings is 1. The first-order valence-corrected chi connectivity index (χ1v) is 7.31. The zero-order valence-electron chi connectivity index (χ0n) is 11.5. The molecule has 0 aromatic heterocycles. The minimum atomic E-state index is 0.559. The lowest BCUT2D eigenvalue weighted by Gasteiger charge is -2.35. The standard InChI is InChI=1S/C14H28N2O/c1-12(15-2)13-5-8-16(9-6-13)10-7-14-4-3-11-17-14/h12-15H,3-11H2,1-2H3. The molecule has 0 aliphatic carbocycles. The summed E-state index contributed by atoms with van der Waals surface area (Å²) in [5, 5.41) is 3.39.